The predicted molar refractivity (Wildman–Crippen MR) is 72.2 cm³/mol. The highest BCUT2D eigenvalue weighted by molar-refractivity contribution is 6.28. The molecule has 0 spiro atoms. The van der Waals surface area contributed by atoms with Crippen LogP contribution < -0.4 is 4.90 Å². The summed E-state index contributed by atoms with van der Waals surface area (Å²) in [5, 5.41) is 0.178. The van der Waals surface area contributed by atoms with E-state index < -0.39 is 0 Å². The molecule has 0 aliphatic carbocycles. The fourth-order valence-corrected chi connectivity index (χ4v) is 2.11. The van der Waals surface area contributed by atoms with E-state index in [1.807, 2.05) is 31.0 Å². The standard InChI is InChI=1S/C12H12ClN5O/c1-7-3-4-8(19-7)5-18(2)11-9-10(15-6-14-9)16-12(13)17-11/h3-4,6H,5H2,1-2H3,(H,14,15,16,17). The molecule has 0 bridgehead atoms. The van der Waals surface area contributed by atoms with Crippen molar-refractivity contribution in [2.24, 2.45) is 0 Å². The van der Waals surface area contributed by atoms with Crippen molar-refractivity contribution in [3.8, 4) is 0 Å². The number of rotatable bonds is 3. The van der Waals surface area contributed by atoms with E-state index in [0.717, 1.165) is 17.0 Å². The van der Waals surface area contributed by atoms with Crippen LogP contribution in [0, 0.1) is 6.92 Å². The number of nitrogens with one attached hydrogen (secondary N) is 1. The number of hydrogen-bond donors (Lipinski definition) is 1. The van der Waals surface area contributed by atoms with Crippen LogP contribution in [0.5, 0.6) is 0 Å². The van der Waals surface area contributed by atoms with Gasteiger partial charge in [-0.2, -0.15) is 9.97 Å². The highest BCUT2D eigenvalue weighted by Crippen LogP contribution is 2.23. The zero-order chi connectivity index (χ0) is 13.4. The quantitative estimate of drug-likeness (QED) is 0.745. The molecule has 0 saturated heterocycles. The van der Waals surface area contributed by atoms with Crippen LogP contribution in [-0.4, -0.2) is 27.0 Å². The molecule has 19 heavy (non-hydrogen) atoms. The topological polar surface area (TPSA) is 70.8 Å². The molecule has 0 unspecified atom stereocenters. The van der Waals surface area contributed by atoms with Gasteiger partial charge >= 0.3 is 0 Å². The number of aromatic nitrogens is 4. The molecular weight excluding hydrogens is 266 g/mol. The third-order valence-corrected chi connectivity index (χ3v) is 2.96. The van der Waals surface area contributed by atoms with Gasteiger partial charge in [-0.1, -0.05) is 0 Å². The minimum Gasteiger partial charge on any atom is -0.464 e. The third kappa shape index (κ3) is 2.26. The van der Waals surface area contributed by atoms with Gasteiger partial charge in [0, 0.05) is 7.05 Å². The Hall–Kier alpha value is -2.08. The van der Waals surface area contributed by atoms with Crippen molar-refractivity contribution in [1.29, 1.82) is 0 Å². The lowest BCUT2D eigenvalue weighted by Crippen LogP contribution is -2.18. The maximum absolute atomic E-state index is 5.91. The van der Waals surface area contributed by atoms with Crippen molar-refractivity contribution in [3.63, 3.8) is 0 Å². The molecule has 3 aromatic rings. The van der Waals surface area contributed by atoms with E-state index in [4.69, 9.17) is 16.0 Å². The van der Waals surface area contributed by atoms with Crippen LogP contribution >= 0.6 is 11.6 Å². The minimum atomic E-state index is 0.178. The summed E-state index contributed by atoms with van der Waals surface area (Å²) < 4.78 is 5.56. The second-order valence-corrected chi connectivity index (χ2v) is 4.62. The van der Waals surface area contributed by atoms with E-state index in [2.05, 4.69) is 19.9 Å². The number of H-pyrrole nitrogens is 1. The lowest BCUT2D eigenvalue weighted by molar-refractivity contribution is 0.481. The van der Waals surface area contributed by atoms with Gasteiger partial charge in [0.25, 0.3) is 0 Å². The van der Waals surface area contributed by atoms with E-state index in [9.17, 15) is 0 Å². The number of imidazole rings is 1. The molecule has 1 N–H and O–H groups in total. The third-order valence-electron chi connectivity index (χ3n) is 2.79. The molecule has 0 aliphatic heterocycles. The van der Waals surface area contributed by atoms with Crippen molar-refractivity contribution < 1.29 is 4.42 Å². The van der Waals surface area contributed by atoms with Crippen molar-refractivity contribution in [1.82, 2.24) is 19.9 Å². The smallest absolute Gasteiger partial charge is 0.226 e. The number of fused-ring (bicyclic) bond motifs is 1. The number of aryl methyl sites for hydroxylation is 1. The fourth-order valence-electron chi connectivity index (χ4n) is 1.95. The summed E-state index contributed by atoms with van der Waals surface area (Å²) in [5.74, 6) is 2.44. The second kappa shape index (κ2) is 4.55. The Balaban J connectivity index is 1.96. The van der Waals surface area contributed by atoms with Gasteiger partial charge in [-0.3, -0.25) is 0 Å². The zero-order valence-electron chi connectivity index (χ0n) is 10.5. The predicted octanol–water partition coefficient (Wildman–Crippen LogP) is 2.54. The van der Waals surface area contributed by atoms with Gasteiger partial charge in [0.2, 0.25) is 5.28 Å². The molecule has 0 atom stereocenters. The maximum Gasteiger partial charge on any atom is 0.226 e. The zero-order valence-corrected chi connectivity index (χ0v) is 11.3. The molecule has 3 rings (SSSR count). The van der Waals surface area contributed by atoms with Gasteiger partial charge in [0.05, 0.1) is 12.9 Å². The number of halogens is 1. The summed E-state index contributed by atoms with van der Waals surface area (Å²) >= 11 is 5.91. The van der Waals surface area contributed by atoms with Crippen molar-refractivity contribution >= 4 is 28.6 Å². The first kappa shape index (κ1) is 12.0. The highest BCUT2D eigenvalue weighted by Gasteiger charge is 2.14. The molecule has 0 aromatic carbocycles. The molecule has 3 aromatic heterocycles. The summed E-state index contributed by atoms with van der Waals surface area (Å²) in [7, 11) is 1.91. The second-order valence-electron chi connectivity index (χ2n) is 4.29. The summed E-state index contributed by atoms with van der Waals surface area (Å²) in [4.78, 5) is 17.3. The van der Waals surface area contributed by atoms with Crippen LogP contribution in [0.15, 0.2) is 22.9 Å². The number of hydrogen-bond acceptors (Lipinski definition) is 5. The van der Waals surface area contributed by atoms with Crippen molar-refractivity contribution in [2.75, 3.05) is 11.9 Å². The summed E-state index contributed by atoms with van der Waals surface area (Å²) in [6.07, 6.45) is 1.57. The van der Waals surface area contributed by atoms with Crippen LogP contribution in [0.4, 0.5) is 5.82 Å². The Morgan fingerprint density at radius 2 is 2.21 bits per heavy atom. The molecule has 0 aliphatic rings. The van der Waals surface area contributed by atoms with Crippen LogP contribution in [-0.2, 0) is 6.54 Å². The Labute approximate surface area is 114 Å². The van der Waals surface area contributed by atoms with E-state index in [1.54, 1.807) is 6.33 Å². The summed E-state index contributed by atoms with van der Waals surface area (Å²) in [5.41, 5.74) is 1.31. The van der Waals surface area contributed by atoms with Crippen LogP contribution in [0.1, 0.15) is 11.5 Å². The average molecular weight is 278 g/mol. The summed E-state index contributed by atoms with van der Waals surface area (Å²) in [6.45, 7) is 2.51. The van der Waals surface area contributed by atoms with Gasteiger partial charge < -0.3 is 14.3 Å². The van der Waals surface area contributed by atoms with Crippen LogP contribution in [0.25, 0.3) is 11.2 Å². The first-order valence-corrected chi connectivity index (χ1v) is 6.14. The van der Waals surface area contributed by atoms with Crippen LogP contribution in [0.3, 0.4) is 0 Å². The summed E-state index contributed by atoms with van der Waals surface area (Å²) in [6, 6.07) is 3.88. The Kier molecular flexibility index (Phi) is 2.87. The lowest BCUT2D eigenvalue weighted by atomic mass is 10.4. The number of nitrogens with zero attached hydrogens (tertiary/aromatic N) is 4. The van der Waals surface area contributed by atoms with Crippen LogP contribution in [0.2, 0.25) is 5.28 Å². The molecule has 98 valence electrons. The fraction of sp³-hybridized carbons (Fsp3) is 0.250. The van der Waals surface area contributed by atoms with Gasteiger partial charge in [0.1, 0.15) is 17.0 Å². The minimum absolute atomic E-state index is 0.178. The lowest BCUT2D eigenvalue weighted by Gasteiger charge is -2.17. The molecule has 7 heteroatoms. The molecule has 6 nitrogen and oxygen atoms in total. The van der Waals surface area contributed by atoms with Gasteiger partial charge in [-0.05, 0) is 30.7 Å². The average Bonchev–Trinajstić information content (AvgIpc) is 2.96. The largest absolute Gasteiger partial charge is 0.464 e. The molecular formula is C12H12ClN5O. The van der Waals surface area contributed by atoms with Gasteiger partial charge in [-0.15, -0.1) is 0 Å². The Morgan fingerprint density at radius 1 is 1.37 bits per heavy atom. The highest BCUT2D eigenvalue weighted by atomic mass is 35.5. The van der Waals surface area contributed by atoms with E-state index >= 15 is 0 Å². The molecule has 0 amide bonds. The first-order chi connectivity index (χ1) is 9.13. The Morgan fingerprint density at radius 3 is 2.95 bits per heavy atom. The van der Waals surface area contributed by atoms with Gasteiger partial charge in [0.15, 0.2) is 11.5 Å². The molecule has 0 radical (unpaired) electrons. The molecule has 3 heterocycles. The number of aromatic amines is 1. The van der Waals surface area contributed by atoms with Crippen molar-refractivity contribution in [2.45, 2.75) is 13.5 Å². The maximum atomic E-state index is 5.91. The number of furan rings is 1. The normalized spacial score (nSPS) is 11.1. The number of anilines is 1. The first-order valence-electron chi connectivity index (χ1n) is 5.76. The van der Waals surface area contributed by atoms with Crippen molar-refractivity contribution in [3.05, 3.63) is 35.3 Å². The molecule has 0 fully saturated rings. The SMILES string of the molecule is Cc1ccc(CN(C)c2nc(Cl)nc3nc[nH]c23)o1. The Bertz CT molecular complexity index is 720. The monoisotopic (exact) mass is 277 g/mol. The van der Waals surface area contributed by atoms with E-state index in [-0.39, 0.29) is 5.28 Å². The molecule has 0 saturated carbocycles. The van der Waals surface area contributed by atoms with E-state index in [1.165, 1.54) is 0 Å². The van der Waals surface area contributed by atoms with Gasteiger partial charge in [-0.25, -0.2) is 4.98 Å². The van der Waals surface area contributed by atoms with E-state index in [0.29, 0.717) is 18.0 Å².